The number of hydrogen-bond acceptors (Lipinski definition) is 3. The van der Waals surface area contributed by atoms with Gasteiger partial charge in [0.25, 0.3) is 5.91 Å². The number of para-hydroxylation sites is 2. The van der Waals surface area contributed by atoms with E-state index in [1.165, 1.54) is 12.1 Å². The molecule has 184 valence electrons. The summed E-state index contributed by atoms with van der Waals surface area (Å²) in [5, 5.41) is 3.40. The summed E-state index contributed by atoms with van der Waals surface area (Å²) in [5.74, 6) is -0.474. The fourth-order valence-corrected chi connectivity index (χ4v) is 5.10. The van der Waals surface area contributed by atoms with E-state index >= 15 is 0 Å². The second-order valence-electron chi connectivity index (χ2n) is 10.0. The number of alkyl halides is 3. The lowest BCUT2D eigenvalue weighted by atomic mass is 9.73. The average molecular weight is 491 g/mol. The minimum absolute atomic E-state index is 0.127. The van der Waals surface area contributed by atoms with Crippen LogP contribution < -0.4 is 10.2 Å². The number of allylic oxidation sites excluding steroid dienone is 1. The van der Waals surface area contributed by atoms with E-state index in [4.69, 9.17) is 0 Å². The third-order valence-electron chi connectivity index (χ3n) is 6.69. The highest BCUT2D eigenvalue weighted by molar-refractivity contribution is 6.12. The lowest BCUT2D eigenvalue weighted by Crippen LogP contribution is -2.39. The number of halogens is 3. The number of rotatable bonds is 2. The number of fused-ring (bicyclic) bond motifs is 1. The molecule has 1 N–H and O–H groups in total. The molecule has 4 nitrogen and oxygen atoms in total. The number of amides is 1. The third kappa shape index (κ3) is 4.30. The molecule has 0 saturated carbocycles. The van der Waals surface area contributed by atoms with Crippen molar-refractivity contribution < 1.29 is 22.8 Å². The van der Waals surface area contributed by atoms with Gasteiger partial charge < -0.3 is 5.32 Å². The molecule has 3 aromatic carbocycles. The Bertz CT molecular complexity index is 1360. The van der Waals surface area contributed by atoms with E-state index in [0.29, 0.717) is 40.2 Å². The molecule has 1 amide bonds. The lowest BCUT2D eigenvalue weighted by Gasteiger charge is -2.37. The molecule has 7 heteroatoms. The van der Waals surface area contributed by atoms with Crippen molar-refractivity contribution in [2.75, 3.05) is 10.2 Å². The van der Waals surface area contributed by atoms with Crippen LogP contribution in [0, 0.1) is 5.41 Å². The summed E-state index contributed by atoms with van der Waals surface area (Å²) in [6.07, 6.45) is -3.66. The first-order chi connectivity index (χ1) is 17.0. The fraction of sp³-hybridized carbons (Fsp3) is 0.241. The van der Waals surface area contributed by atoms with E-state index < -0.39 is 17.8 Å². The van der Waals surface area contributed by atoms with E-state index in [-0.39, 0.29) is 23.5 Å². The average Bonchev–Trinajstić information content (AvgIpc) is 2.97. The fourth-order valence-electron chi connectivity index (χ4n) is 5.10. The molecule has 3 aromatic rings. The normalized spacial score (nSPS) is 19.2. The van der Waals surface area contributed by atoms with Gasteiger partial charge in [0.05, 0.1) is 23.0 Å². The molecule has 0 fully saturated rings. The number of nitrogens with one attached hydrogen (secondary N) is 1. The van der Waals surface area contributed by atoms with Crippen molar-refractivity contribution in [2.24, 2.45) is 5.41 Å². The number of hydrogen-bond donors (Lipinski definition) is 1. The van der Waals surface area contributed by atoms with Crippen molar-refractivity contribution in [1.82, 2.24) is 0 Å². The van der Waals surface area contributed by atoms with Crippen molar-refractivity contribution in [3.8, 4) is 0 Å². The van der Waals surface area contributed by atoms with Crippen LogP contribution in [0.3, 0.4) is 0 Å². The maximum absolute atomic E-state index is 14.0. The molecule has 0 unspecified atom stereocenters. The molecular formula is C29H25F3N2O2. The van der Waals surface area contributed by atoms with Gasteiger partial charge in [-0.05, 0) is 53.8 Å². The van der Waals surface area contributed by atoms with Gasteiger partial charge in [0.15, 0.2) is 5.78 Å². The Morgan fingerprint density at radius 2 is 1.56 bits per heavy atom. The number of benzene rings is 3. The van der Waals surface area contributed by atoms with Gasteiger partial charge in [0.2, 0.25) is 0 Å². The molecule has 0 spiro atoms. The van der Waals surface area contributed by atoms with Crippen LogP contribution in [0.15, 0.2) is 90.1 Å². The Morgan fingerprint density at radius 3 is 2.22 bits per heavy atom. The third-order valence-corrected chi connectivity index (χ3v) is 6.69. The topological polar surface area (TPSA) is 49.4 Å². The molecule has 1 heterocycles. The van der Waals surface area contributed by atoms with Crippen LogP contribution in [0.25, 0.3) is 0 Å². The van der Waals surface area contributed by atoms with Gasteiger partial charge in [0, 0.05) is 23.3 Å². The molecule has 0 bridgehead atoms. The van der Waals surface area contributed by atoms with E-state index in [1.54, 1.807) is 47.4 Å². The number of Topliss-reactive ketones (excluding diaryl/α,β-unsaturated/α-hetero) is 1. The zero-order chi connectivity index (χ0) is 25.7. The Labute approximate surface area is 207 Å². The zero-order valence-corrected chi connectivity index (χ0v) is 19.9. The second kappa shape index (κ2) is 8.66. The van der Waals surface area contributed by atoms with E-state index in [9.17, 15) is 22.8 Å². The molecule has 36 heavy (non-hydrogen) atoms. The molecule has 0 aromatic heterocycles. The summed E-state index contributed by atoms with van der Waals surface area (Å²) in [7, 11) is 0. The Balaban J connectivity index is 1.77. The van der Waals surface area contributed by atoms with Crippen molar-refractivity contribution >= 4 is 23.1 Å². The molecule has 0 radical (unpaired) electrons. The SMILES string of the molecule is CC1(C)CC(=O)C2=C(C1)Nc1ccccc1N(C(=O)c1ccccc1)[C@@H]2c1ccc(C(F)(F)F)cc1. The van der Waals surface area contributed by atoms with Gasteiger partial charge in [-0.2, -0.15) is 13.2 Å². The summed E-state index contributed by atoms with van der Waals surface area (Å²) < 4.78 is 40.0. The summed E-state index contributed by atoms with van der Waals surface area (Å²) in [6.45, 7) is 4.01. The first kappa shape index (κ1) is 23.9. The van der Waals surface area contributed by atoms with Crippen molar-refractivity contribution in [1.29, 1.82) is 0 Å². The van der Waals surface area contributed by atoms with E-state index in [1.807, 2.05) is 26.0 Å². The molecule has 1 aliphatic carbocycles. The predicted molar refractivity (Wildman–Crippen MR) is 133 cm³/mol. The van der Waals surface area contributed by atoms with Crippen LogP contribution in [0.5, 0.6) is 0 Å². The summed E-state index contributed by atoms with van der Waals surface area (Å²) in [6, 6.07) is 19.8. The standard InChI is InChI=1S/C29H25F3N2O2/c1-28(2)16-22-25(24(35)17-28)26(18-12-14-20(15-13-18)29(30,31)32)34(23-11-7-6-10-21(23)33-22)27(36)19-8-4-3-5-9-19/h3-15,26,33H,16-17H2,1-2H3/t26-/m1/s1. The van der Waals surface area contributed by atoms with E-state index in [0.717, 1.165) is 12.1 Å². The highest BCUT2D eigenvalue weighted by atomic mass is 19.4. The highest BCUT2D eigenvalue weighted by Crippen LogP contribution is 2.49. The van der Waals surface area contributed by atoms with Gasteiger partial charge in [-0.1, -0.05) is 56.3 Å². The summed E-state index contributed by atoms with van der Waals surface area (Å²) >= 11 is 0. The molecule has 5 rings (SSSR count). The number of nitrogens with zero attached hydrogens (tertiary/aromatic N) is 1. The monoisotopic (exact) mass is 490 g/mol. The molecule has 2 aliphatic rings. The summed E-state index contributed by atoms with van der Waals surface area (Å²) in [5.41, 5.74) is 2.08. The maximum atomic E-state index is 14.0. The highest BCUT2D eigenvalue weighted by Gasteiger charge is 2.43. The quantitative estimate of drug-likeness (QED) is 0.415. The van der Waals surface area contributed by atoms with Gasteiger partial charge in [-0.15, -0.1) is 0 Å². The number of anilines is 2. The van der Waals surface area contributed by atoms with Crippen LogP contribution in [0.1, 0.15) is 54.2 Å². The molecule has 0 saturated heterocycles. The van der Waals surface area contributed by atoms with Crippen molar-refractivity contribution in [3.05, 3.63) is 107 Å². The first-order valence-corrected chi connectivity index (χ1v) is 11.7. The minimum Gasteiger partial charge on any atom is -0.357 e. The van der Waals surface area contributed by atoms with Crippen molar-refractivity contribution in [2.45, 2.75) is 38.9 Å². The zero-order valence-electron chi connectivity index (χ0n) is 19.9. The minimum atomic E-state index is -4.50. The van der Waals surface area contributed by atoms with Crippen molar-refractivity contribution in [3.63, 3.8) is 0 Å². The van der Waals surface area contributed by atoms with Gasteiger partial charge in [-0.3, -0.25) is 14.5 Å². The number of carbonyl (C=O) groups is 2. The number of ketones is 1. The van der Waals surface area contributed by atoms with Gasteiger partial charge >= 0.3 is 6.18 Å². The van der Waals surface area contributed by atoms with Crippen LogP contribution in [-0.2, 0) is 11.0 Å². The predicted octanol–water partition coefficient (Wildman–Crippen LogP) is 7.16. The smallest absolute Gasteiger partial charge is 0.357 e. The number of carbonyl (C=O) groups excluding carboxylic acids is 2. The summed E-state index contributed by atoms with van der Waals surface area (Å²) in [4.78, 5) is 29.2. The van der Waals surface area contributed by atoms with Crippen LogP contribution >= 0.6 is 0 Å². The van der Waals surface area contributed by atoms with Crippen LogP contribution in [-0.4, -0.2) is 11.7 Å². The molecular weight excluding hydrogens is 465 g/mol. The first-order valence-electron chi connectivity index (χ1n) is 11.7. The second-order valence-corrected chi connectivity index (χ2v) is 10.0. The maximum Gasteiger partial charge on any atom is 0.416 e. The molecule has 1 atom stereocenters. The lowest BCUT2D eigenvalue weighted by molar-refractivity contribution is -0.137. The Hall–Kier alpha value is -3.87. The van der Waals surface area contributed by atoms with E-state index in [2.05, 4.69) is 5.32 Å². The Morgan fingerprint density at radius 1 is 0.917 bits per heavy atom. The van der Waals surface area contributed by atoms with Gasteiger partial charge in [0.1, 0.15) is 0 Å². The van der Waals surface area contributed by atoms with Crippen LogP contribution in [0.2, 0.25) is 0 Å². The molecule has 1 aliphatic heterocycles. The van der Waals surface area contributed by atoms with Crippen LogP contribution in [0.4, 0.5) is 24.5 Å². The van der Waals surface area contributed by atoms with Gasteiger partial charge in [-0.25, -0.2) is 0 Å². The Kier molecular flexibility index (Phi) is 5.74. The largest absolute Gasteiger partial charge is 0.416 e.